The van der Waals surface area contributed by atoms with Crippen molar-refractivity contribution in [3.63, 3.8) is 0 Å². The van der Waals surface area contributed by atoms with Crippen LogP contribution in [0.2, 0.25) is 0 Å². The Morgan fingerprint density at radius 3 is 2.94 bits per heavy atom. The molecule has 1 atom stereocenters. The first-order valence-electron chi connectivity index (χ1n) is 5.35. The van der Waals surface area contributed by atoms with Crippen LogP contribution in [0.15, 0.2) is 29.4 Å². The van der Waals surface area contributed by atoms with E-state index in [2.05, 4.69) is 22.2 Å². The summed E-state index contributed by atoms with van der Waals surface area (Å²) in [7, 11) is 1.65. The SMILES string of the molecule is CON1CCN=C1N[C@@H](C)c1ccccn1.I. The highest BCUT2D eigenvalue weighted by Gasteiger charge is 2.19. The standard InChI is InChI=1S/C11H16N4O.HI/c1-9(10-5-3-4-6-12-10)14-11-13-7-8-15(11)16-2;/h3-6,9H,7-8H2,1-2H3,(H,13,14);1H/t9-;/m0./s1. The van der Waals surface area contributed by atoms with Gasteiger partial charge in [-0.1, -0.05) is 6.07 Å². The Bertz CT molecular complexity index is 371. The monoisotopic (exact) mass is 348 g/mol. The lowest BCUT2D eigenvalue weighted by molar-refractivity contribution is -0.0586. The molecule has 17 heavy (non-hydrogen) atoms. The number of pyridine rings is 1. The molecule has 0 radical (unpaired) electrons. The maximum atomic E-state index is 5.18. The van der Waals surface area contributed by atoms with Gasteiger partial charge >= 0.3 is 0 Å². The number of hydrogen-bond donors (Lipinski definition) is 1. The number of halogens is 1. The topological polar surface area (TPSA) is 49.8 Å². The Morgan fingerprint density at radius 1 is 1.47 bits per heavy atom. The third-order valence-electron chi connectivity index (χ3n) is 2.50. The molecule has 1 aromatic heterocycles. The summed E-state index contributed by atoms with van der Waals surface area (Å²) < 4.78 is 0. The van der Waals surface area contributed by atoms with Gasteiger partial charge < -0.3 is 5.32 Å². The van der Waals surface area contributed by atoms with Crippen LogP contribution in [0.4, 0.5) is 0 Å². The Hall–Kier alpha value is -0.890. The molecule has 5 nitrogen and oxygen atoms in total. The van der Waals surface area contributed by atoms with Crippen LogP contribution in [0, 0.1) is 0 Å². The second-order valence-corrected chi connectivity index (χ2v) is 3.61. The summed E-state index contributed by atoms with van der Waals surface area (Å²) in [6, 6.07) is 6.00. The fourth-order valence-corrected chi connectivity index (χ4v) is 1.63. The molecule has 0 saturated heterocycles. The zero-order valence-corrected chi connectivity index (χ0v) is 12.3. The number of aliphatic imine (C=N–C) groups is 1. The van der Waals surface area contributed by atoms with E-state index < -0.39 is 0 Å². The molecule has 0 aromatic carbocycles. The maximum Gasteiger partial charge on any atom is 0.219 e. The normalized spacial score (nSPS) is 16.1. The highest BCUT2D eigenvalue weighted by molar-refractivity contribution is 14.0. The number of hydroxylamine groups is 2. The first-order valence-corrected chi connectivity index (χ1v) is 5.35. The van der Waals surface area contributed by atoms with Crippen molar-refractivity contribution in [1.29, 1.82) is 0 Å². The molecule has 0 aliphatic carbocycles. The van der Waals surface area contributed by atoms with Gasteiger partial charge in [0.05, 0.1) is 31.9 Å². The van der Waals surface area contributed by atoms with Crippen LogP contribution in [-0.2, 0) is 4.84 Å². The fourth-order valence-electron chi connectivity index (χ4n) is 1.63. The Kier molecular flexibility index (Phi) is 5.63. The zero-order chi connectivity index (χ0) is 11.4. The third-order valence-corrected chi connectivity index (χ3v) is 2.50. The largest absolute Gasteiger partial charge is 0.346 e. The van der Waals surface area contributed by atoms with Crippen LogP contribution in [0.3, 0.4) is 0 Å². The molecule has 0 bridgehead atoms. The molecule has 0 fully saturated rings. The molecule has 1 N–H and O–H groups in total. The highest BCUT2D eigenvalue weighted by atomic mass is 127. The van der Waals surface area contributed by atoms with E-state index in [4.69, 9.17) is 4.84 Å². The molecule has 0 unspecified atom stereocenters. The molecule has 1 aromatic rings. The van der Waals surface area contributed by atoms with Crippen molar-refractivity contribution in [2.24, 2.45) is 4.99 Å². The third kappa shape index (κ3) is 3.53. The highest BCUT2D eigenvalue weighted by Crippen LogP contribution is 2.10. The first kappa shape index (κ1) is 14.2. The minimum Gasteiger partial charge on any atom is -0.346 e. The quantitative estimate of drug-likeness (QED) is 0.843. The van der Waals surface area contributed by atoms with Crippen LogP contribution >= 0.6 is 24.0 Å². The Balaban J connectivity index is 0.00000144. The molecule has 94 valence electrons. The predicted octanol–water partition coefficient (Wildman–Crippen LogP) is 1.58. The zero-order valence-electron chi connectivity index (χ0n) is 9.96. The van der Waals surface area contributed by atoms with Crippen LogP contribution in [0.1, 0.15) is 18.7 Å². The molecular weight excluding hydrogens is 331 g/mol. The predicted molar refractivity (Wildman–Crippen MR) is 77.2 cm³/mol. The van der Waals surface area contributed by atoms with Gasteiger partial charge in [0.15, 0.2) is 0 Å². The molecule has 2 heterocycles. The van der Waals surface area contributed by atoms with Crippen molar-refractivity contribution in [1.82, 2.24) is 15.4 Å². The molecule has 1 aliphatic heterocycles. The van der Waals surface area contributed by atoms with Crippen molar-refractivity contribution in [3.05, 3.63) is 30.1 Å². The average Bonchev–Trinajstić information content (AvgIpc) is 2.77. The number of nitrogens with zero attached hydrogens (tertiary/aromatic N) is 3. The molecule has 0 spiro atoms. The van der Waals surface area contributed by atoms with Crippen LogP contribution in [0.25, 0.3) is 0 Å². The molecule has 6 heteroatoms. The summed E-state index contributed by atoms with van der Waals surface area (Å²) in [4.78, 5) is 13.8. The van der Waals surface area contributed by atoms with E-state index in [0.717, 1.165) is 24.7 Å². The summed E-state index contributed by atoms with van der Waals surface area (Å²) in [5, 5.41) is 5.03. The average molecular weight is 348 g/mol. The Labute approximate surface area is 118 Å². The van der Waals surface area contributed by atoms with Crippen molar-refractivity contribution >= 4 is 29.9 Å². The maximum absolute atomic E-state index is 5.18. The summed E-state index contributed by atoms with van der Waals surface area (Å²) >= 11 is 0. The van der Waals surface area contributed by atoms with Gasteiger partial charge in [0, 0.05) is 6.20 Å². The van der Waals surface area contributed by atoms with E-state index in [-0.39, 0.29) is 30.0 Å². The summed E-state index contributed by atoms with van der Waals surface area (Å²) in [5.41, 5.74) is 0.994. The summed E-state index contributed by atoms with van der Waals surface area (Å²) in [6.07, 6.45) is 1.79. The number of aromatic nitrogens is 1. The van der Waals surface area contributed by atoms with Crippen LogP contribution < -0.4 is 5.32 Å². The lowest BCUT2D eigenvalue weighted by Crippen LogP contribution is -2.39. The van der Waals surface area contributed by atoms with Gasteiger partial charge in [-0.3, -0.25) is 9.82 Å². The minimum absolute atomic E-state index is 0. The first-order chi connectivity index (χ1) is 7.81. The van der Waals surface area contributed by atoms with Gasteiger partial charge in [-0.2, -0.15) is 0 Å². The van der Waals surface area contributed by atoms with E-state index in [1.54, 1.807) is 18.4 Å². The fraction of sp³-hybridized carbons (Fsp3) is 0.455. The summed E-state index contributed by atoms with van der Waals surface area (Å²) in [5.74, 6) is 0.778. The number of hydrogen-bond acceptors (Lipinski definition) is 5. The van der Waals surface area contributed by atoms with Gasteiger partial charge in [-0.15, -0.1) is 24.0 Å². The van der Waals surface area contributed by atoms with E-state index in [0.29, 0.717) is 0 Å². The van der Waals surface area contributed by atoms with E-state index in [9.17, 15) is 0 Å². The Morgan fingerprint density at radius 2 is 2.29 bits per heavy atom. The van der Waals surface area contributed by atoms with Crippen molar-refractivity contribution in [3.8, 4) is 0 Å². The second-order valence-electron chi connectivity index (χ2n) is 3.61. The smallest absolute Gasteiger partial charge is 0.219 e. The lowest BCUT2D eigenvalue weighted by atomic mass is 10.2. The van der Waals surface area contributed by atoms with Gasteiger partial charge in [0.25, 0.3) is 0 Å². The van der Waals surface area contributed by atoms with E-state index >= 15 is 0 Å². The number of guanidine groups is 1. The van der Waals surface area contributed by atoms with Crippen molar-refractivity contribution in [2.75, 3.05) is 20.2 Å². The number of rotatable bonds is 3. The minimum atomic E-state index is 0. The van der Waals surface area contributed by atoms with E-state index in [1.807, 2.05) is 18.2 Å². The molecule has 2 rings (SSSR count). The van der Waals surface area contributed by atoms with Crippen molar-refractivity contribution in [2.45, 2.75) is 13.0 Å². The van der Waals surface area contributed by atoms with Gasteiger partial charge in [0.1, 0.15) is 0 Å². The molecule has 1 aliphatic rings. The van der Waals surface area contributed by atoms with Crippen molar-refractivity contribution < 1.29 is 4.84 Å². The van der Waals surface area contributed by atoms with Crippen LogP contribution in [-0.4, -0.2) is 36.2 Å². The molecule has 0 amide bonds. The molecular formula is C11H17IN4O. The second kappa shape index (κ2) is 6.75. The summed E-state index contributed by atoms with van der Waals surface area (Å²) in [6.45, 7) is 3.62. The molecule has 0 saturated carbocycles. The van der Waals surface area contributed by atoms with Gasteiger partial charge in [-0.25, -0.2) is 10.1 Å². The van der Waals surface area contributed by atoms with Crippen LogP contribution in [0.5, 0.6) is 0 Å². The van der Waals surface area contributed by atoms with Gasteiger partial charge in [0.2, 0.25) is 5.96 Å². The number of nitrogens with one attached hydrogen (secondary N) is 1. The van der Waals surface area contributed by atoms with Gasteiger partial charge in [-0.05, 0) is 19.1 Å². The lowest BCUT2D eigenvalue weighted by Gasteiger charge is -2.21. The van der Waals surface area contributed by atoms with E-state index in [1.165, 1.54) is 0 Å².